The molecular weight excluding hydrogens is 680 g/mol. The molecule has 0 atom stereocenters. The van der Waals surface area contributed by atoms with Crippen LogP contribution in [0.3, 0.4) is 0 Å². The lowest BCUT2D eigenvalue weighted by Gasteiger charge is -2.31. The van der Waals surface area contributed by atoms with Gasteiger partial charge in [-0.15, -0.1) is 0 Å². The molecule has 0 aromatic heterocycles. The Morgan fingerprint density at radius 3 is 0.958 bits per heavy atom. The molecule has 3 aromatic rings. The maximum Gasteiger partial charge on any atom is 0.338 e. The van der Waals surface area contributed by atoms with Crippen molar-refractivity contribution in [3.8, 4) is 17.2 Å². The van der Waals surface area contributed by atoms with E-state index < -0.39 is 5.41 Å². The fraction of sp³-hybridized carbons (Fsp3) is 0.447. The average Bonchev–Trinajstić information content (AvgIpc) is 3.09. The van der Waals surface area contributed by atoms with Gasteiger partial charge in [-0.3, -0.25) is 0 Å². The van der Waals surface area contributed by atoms with Gasteiger partial charge in [0.1, 0.15) is 37.1 Å². The molecule has 0 N–H and O–H groups in total. The van der Waals surface area contributed by atoms with Crippen LogP contribution in [0.1, 0.15) is 72.6 Å². The minimum Gasteiger partial charge on any atom is -0.493 e. The fourth-order valence-corrected chi connectivity index (χ4v) is 4.47. The maximum atomic E-state index is 12.3. The molecule has 0 fully saturated rings. The monoisotopic (exact) mass is 726 g/mol. The van der Waals surface area contributed by atoms with Crippen LogP contribution in [0.25, 0.3) is 0 Å². The summed E-state index contributed by atoms with van der Waals surface area (Å²) in [7, 11) is 0. The first-order valence-corrected chi connectivity index (χ1v) is 17.3. The molecule has 0 aliphatic carbocycles. The van der Waals surface area contributed by atoms with Crippen LogP contribution in [0.4, 0.5) is 0 Å². The fourth-order valence-electron chi connectivity index (χ4n) is 3.99. The van der Waals surface area contributed by atoms with E-state index in [1.54, 1.807) is 72.8 Å². The number of esters is 3. The first kappa shape index (κ1) is 38.4. The standard InChI is InChI=1S/C38H47BrO9/c1-26(2)19-43-35(40)29-7-13-32(14-8-29)46-23-38(22-39,24-47-33-15-9-30(10-16-33)36(41)44-20-27(3)4)25-48-34-17-11-31(12-18-34)37(42)45-21-28(5)6/h7-18,26-28H,19-25H2,1-6H3. The maximum absolute atomic E-state index is 12.3. The number of alkyl halides is 1. The molecule has 0 unspecified atom stereocenters. The predicted octanol–water partition coefficient (Wildman–Crippen LogP) is 8.04. The Morgan fingerprint density at radius 2 is 0.750 bits per heavy atom. The van der Waals surface area contributed by atoms with Crippen molar-refractivity contribution in [2.75, 3.05) is 45.0 Å². The zero-order valence-corrected chi connectivity index (χ0v) is 30.2. The van der Waals surface area contributed by atoms with E-state index in [0.717, 1.165) is 0 Å². The van der Waals surface area contributed by atoms with Crippen LogP contribution in [-0.2, 0) is 14.2 Å². The number of ether oxygens (including phenoxy) is 6. The lowest BCUT2D eigenvalue weighted by atomic mass is 9.94. The van der Waals surface area contributed by atoms with E-state index in [0.29, 0.717) is 59.1 Å². The molecule has 0 saturated heterocycles. The SMILES string of the molecule is CC(C)COC(=O)c1ccc(OCC(CBr)(COc2ccc(C(=O)OCC(C)C)cc2)COc2ccc(C(=O)OCC(C)C)cc2)cc1. The molecule has 9 nitrogen and oxygen atoms in total. The van der Waals surface area contributed by atoms with Crippen molar-refractivity contribution in [3.63, 3.8) is 0 Å². The molecule has 0 heterocycles. The summed E-state index contributed by atoms with van der Waals surface area (Å²) in [6.45, 7) is 13.5. The van der Waals surface area contributed by atoms with Gasteiger partial charge in [0.05, 0.1) is 41.9 Å². The Hall–Kier alpha value is -4.05. The molecule has 0 bridgehead atoms. The van der Waals surface area contributed by atoms with Crippen molar-refractivity contribution in [1.29, 1.82) is 0 Å². The lowest BCUT2D eigenvalue weighted by molar-refractivity contribution is 0.0450. The summed E-state index contributed by atoms with van der Waals surface area (Å²) in [5, 5.41) is 0.457. The van der Waals surface area contributed by atoms with Crippen LogP contribution in [0.2, 0.25) is 0 Å². The zero-order valence-electron chi connectivity index (χ0n) is 28.7. The quantitative estimate of drug-likeness (QED) is 0.0689. The largest absolute Gasteiger partial charge is 0.493 e. The van der Waals surface area contributed by atoms with E-state index in [1.165, 1.54) is 0 Å². The summed E-state index contributed by atoms with van der Waals surface area (Å²) in [4.78, 5) is 37.0. The Morgan fingerprint density at radius 1 is 0.500 bits per heavy atom. The molecule has 3 aromatic carbocycles. The van der Waals surface area contributed by atoms with Gasteiger partial charge in [0, 0.05) is 5.33 Å². The number of carbonyl (C=O) groups is 3. The van der Waals surface area contributed by atoms with E-state index in [4.69, 9.17) is 28.4 Å². The highest BCUT2D eigenvalue weighted by molar-refractivity contribution is 9.09. The topological polar surface area (TPSA) is 107 Å². The van der Waals surface area contributed by atoms with Crippen LogP contribution in [0.5, 0.6) is 17.2 Å². The number of hydrogen-bond acceptors (Lipinski definition) is 9. The second-order valence-corrected chi connectivity index (χ2v) is 13.6. The van der Waals surface area contributed by atoms with Crippen molar-refractivity contribution < 1.29 is 42.8 Å². The van der Waals surface area contributed by atoms with Gasteiger partial charge in [-0.25, -0.2) is 14.4 Å². The van der Waals surface area contributed by atoms with Crippen LogP contribution in [0.15, 0.2) is 72.8 Å². The van der Waals surface area contributed by atoms with E-state index >= 15 is 0 Å². The van der Waals surface area contributed by atoms with E-state index in [1.807, 2.05) is 41.5 Å². The summed E-state index contributed by atoms with van der Waals surface area (Å²) in [6, 6.07) is 20.4. The lowest BCUT2D eigenvalue weighted by Crippen LogP contribution is -2.42. The molecule has 0 aliphatic rings. The Kier molecular flexibility index (Phi) is 15.3. The van der Waals surface area contributed by atoms with Gasteiger partial charge in [0.15, 0.2) is 0 Å². The third-order valence-electron chi connectivity index (χ3n) is 6.83. The first-order chi connectivity index (χ1) is 22.9. The molecule has 0 radical (unpaired) electrons. The van der Waals surface area contributed by atoms with Crippen LogP contribution < -0.4 is 14.2 Å². The van der Waals surface area contributed by atoms with Crippen molar-refractivity contribution in [2.45, 2.75) is 41.5 Å². The number of halogens is 1. The third-order valence-corrected chi connectivity index (χ3v) is 8.02. The first-order valence-electron chi connectivity index (χ1n) is 16.2. The normalized spacial score (nSPS) is 11.4. The highest BCUT2D eigenvalue weighted by Crippen LogP contribution is 2.27. The highest BCUT2D eigenvalue weighted by Gasteiger charge is 2.33. The summed E-state index contributed by atoms with van der Waals surface area (Å²) < 4.78 is 34.6. The molecule has 10 heteroatoms. The van der Waals surface area contributed by atoms with Gasteiger partial charge in [0.2, 0.25) is 0 Å². The van der Waals surface area contributed by atoms with Crippen molar-refractivity contribution in [1.82, 2.24) is 0 Å². The molecule has 0 aliphatic heterocycles. The summed E-state index contributed by atoms with van der Waals surface area (Å²) in [5.74, 6) is 1.27. The molecule has 48 heavy (non-hydrogen) atoms. The smallest absolute Gasteiger partial charge is 0.338 e. The molecule has 0 saturated carbocycles. The number of hydrogen-bond donors (Lipinski definition) is 0. The van der Waals surface area contributed by atoms with Crippen LogP contribution in [-0.4, -0.2) is 62.9 Å². The van der Waals surface area contributed by atoms with Gasteiger partial charge in [0.25, 0.3) is 0 Å². The number of rotatable bonds is 19. The summed E-state index contributed by atoms with van der Waals surface area (Å²) in [6.07, 6.45) is 0. The highest BCUT2D eigenvalue weighted by atomic mass is 79.9. The predicted molar refractivity (Wildman–Crippen MR) is 187 cm³/mol. The Bertz CT molecular complexity index is 1260. The number of carbonyl (C=O) groups excluding carboxylic acids is 3. The minimum atomic E-state index is -0.682. The second kappa shape index (κ2) is 19.1. The van der Waals surface area contributed by atoms with Crippen LogP contribution >= 0.6 is 15.9 Å². The minimum absolute atomic E-state index is 0.203. The molecule has 260 valence electrons. The van der Waals surface area contributed by atoms with Gasteiger partial charge >= 0.3 is 17.9 Å². The van der Waals surface area contributed by atoms with E-state index in [9.17, 15) is 14.4 Å². The van der Waals surface area contributed by atoms with Gasteiger partial charge in [-0.05, 0) is 90.6 Å². The summed E-state index contributed by atoms with van der Waals surface area (Å²) >= 11 is 3.65. The van der Waals surface area contributed by atoms with Crippen molar-refractivity contribution >= 4 is 33.8 Å². The summed E-state index contributed by atoms with van der Waals surface area (Å²) in [5.41, 5.74) is 0.636. The van der Waals surface area contributed by atoms with Gasteiger partial charge < -0.3 is 28.4 Å². The van der Waals surface area contributed by atoms with E-state index in [-0.39, 0.29) is 55.5 Å². The van der Waals surface area contributed by atoms with Gasteiger partial charge in [-0.1, -0.05) is 57.5 Å². The Labute approximate surface area is 292 Å². The third kappa shape index (κ3) is 12.9. The molecule has 0 amide bonds. The molecule has 0 spiro atoms. The number of benzene rings is 3. The molecular formula is C38H47BrO9. The molecule has 3 rings (SSSR count). The van der Waals surface area contributed by atoms with Crippen LogP contribution in [0, 0.1) is 23.2 Å². The zero-order chi connectivity index (χ0) is 35.1. The Balaban J connectivity index is 1.72. The van der Waals surface area contributed by atoms with Crippen molar-refractivity contribution in [2.24, 2.45) is 23.2 Å². The van der Waals surface area contributed by atoms with Crippen molar-refractivity contribution in [3.05, 3.63) is 89.5 Å². The average molecular weight is 728 g/mol. The van der Waals surface area contributed by atoms with E-state index in [2.05, 4.69) is 15.9 Å². The second-order valence-electron chi connectivity index (χ2n) is 13.0. The van der Waals surface area contributed by atoms with Gasteiger partial charge in [-0.2, -0.15) is 0 Å².